The normalized spacial score (nSPS) is 11.5. The summed E-state index contributed by atoms with van der Waals surface area (Å²) in [7, 11) is 0. The fourth-order valence-corrected chi connectivity index (χ4v) is 1.48. The zero-order valence-electron chi connectivity index (χ0n) is 8.26. The minimum atomic E-state index is -4.28. The van der Waals surface area contributed by atoms with E-state index in [1.54, 1.807) is 12.1 Å². The van der Waals surface area contributed by atoms with Crippen molar-refractivity contribution in [3.8, 4) is 5.75 Å². The van der Waals surface area contributed by atoms with Crippen LogP contribution < -0.4 is 4.74 Å². The van der Waals surface area contributed by atoms with Crippen molar-refractivity contribution >= 4 is 22.6 Å². The third-order valence-electron chi connectivity index (χ3n) is 1.56. The molecule has 0 saturated heterocycles. The van der Waals surface area contributed by atoms with E-state index in [4.69, 9.17) is 4.74 Å². The minimum Gasteiger partial charge on any atom is -0.491 e. The van der Waals surface area contributed by atoms with Gasteiger partial charge in [-0.15, -0.1) is 0 Å². The molecule has 0 radical (unpaired) electrons. The number of benzene rings is 1. The van der Waals surface area contributed by atoms with Gasteiger partial charge in [-0.25, -0.2) is 0 Å². The maximum Gasteiger partial charge on any atom is 0.411 e. The third kappa shape index (κ3) is 6.16. The van der Waals surface area contributed by atoms with Crippen LogP contribution in [0.5, 0.6) is 5.75 Å². The number of halogens is 4. The summed E-state index contributed by atoms with van der Waals surface area (Å²) in [6.45, 7) is -1.20. The molecule has 0 N–H and O–H groups in total. The molecule has 1 aromatic carbocycles. The molecule has 0 aliphatic heterocycles. The van der Waals surface area contributed by atoms with Crippen molar-refractivity contribution in [1.29, 1.82) is 0 Å². The van der Waals surface area contributed by atoms with Crippen LogP contribution >= 0.6 is 22.6 Å². The lowest BCUT2D eigenvalue weighted by Gasteiger charge is -2.09. The van der Waals surface area contributed by atoms with Gasteiger partial charge >= 0.3 is 6.18 Å². The van der Waals surface area contributed by atoms with Gasteiger partial charge in [-0.2, -0.15) is 13.2 Å². The molecule has 0 aromatic heterocycles. The molecule has 0 atom stereocenters. The monoisotopic (exact) mass is 346 g/mol. The van der Waals surface area contributed by atoms with Crippen molar-refractivity contribution in [3.05, 3.63) is 27.8 Å². The van der Waals surface area contributed by atoms with Crippen molar-refractivity contribution in [2.75, 3.05) is 19.8 Å². The predicted octanol–water partition coefficient (Wildman–Crippen LogP) is 3.25. The number of alkyl halides is 3. The molecule has 0 aliphatic rings. The highest BCUT2D eigenvalue weighted by atomic mass is 127. The molecule has 1 rings (SSSR count). The number of rotatable bonds is 5. The van der Waals surface area contributed by atoms with Crippen LogP contribution in [-0.2, 0) is 4.74 Å². The van der Waals surface area contributed by atoms with Crippen LogP contribution in [0.3, 0.4) is 0 Å². The Morgan fingerprint density at radius 3 is 2.56 bits per heavy atom. The first-order valence-electron chi connectivity index (χ1n) is 4.50. The molecule has 0 saturated carbocycles. The quantitative estimate of drug-likeness (QED) is 0.602. The molecule has 0 unspecified atom stereocenters. The summed E-state index contributed by atoms with van der Waals surface area (Å²) < 4.78 is 45.7. The van der Waals surface area contributed by atoms with Gasteiger partial charge < -0.3 is 9.47 Å². The number of ether oxygens (including phenoxy) is 2. The first kappa shape index (κ1) is 13.6. The molecule has 0 heterocycles. The van der Waals surface area contributed by atoms with Gasteiger partial charge in [0.2, 0.25) is 0 Å². The van der Waals surface area contributed by atoms with Gasteiger partial charge in [0.25, 0.3) is 0 Å². The average molecular weight is 346 g/mol. The minimum absolute atomic E-state index is 0.0784. The van der Waals surface area contributed by atoms with Crippen LogP contribution in [0.4, 0.5) is 13.2 Å². The van der Waals surface area contributed by atoms with Gasteiger partial charge in [-0.1, -0.05) is 6.07 Å². The predicted molar refractivity (Wildman–Crippen MR) is 61.5 cm³/mol. The Kier molecular flexibility index (Phi) is 5.33. The first-order valence-corrected chi connectivity index (χ1v) is 5.58. The summed E-state index contributed by atoms with van der Waals surface area (Å²) in [5.74, 6) is 0.627. The molecule has 90 valence electrons. The maximum atomic E-state index is 11.7. The van der Waals surface area contributed by atoms with E-state index >= 15 is 0 Å². The molecule has 0 spiro atoms. The van der Waals surface area contributed by atoms with E-state index < -0.39 is 12.8 Å². The van der Waals surface area contributed by atoms with E-state index in [0.29, 0.717) is 5.75 Å². The van der Waals surface area contributed by atoms with Crippen LogP contribution in [0.25, 0.3) is 0 Å². The summed E-state index contributed by atoms with van der Waals surface area (Å²) >= 11 is 2.12. The van der Waals surface area contributed by atoms with Gasteiger partial charge in [0.05, 0.1) is 6.61 Å². The van der Waals surface area contributed by atoms with Gasteiger partial charge in [0.1, 0.15) is 19.0 Å². The van der Waals surface area contributed by atoms with Crippen molar-refractivity contribution in [2.45, 2.75) is 6.18 Å². The van der Waals surface area contributed by atoms with Gasteiger partial charge in [-0.05, 0) is 40.8 Å². The van der Waals surface area contributed by atoms with Crippen LogP contribution in [0.15, 0.2) is 24.3 Å². The Morgan fingerprint density at radius 2 is 1.94 bits per heavy atom. The zero-order chi connectivity index (χ0) is 12.0. The fourth-order valence-electron chi connectivity index (χ4n) is 0.963. The highest BCUT2D eigenvalue weighted by Crippen LogP contribution is 2.15. The average Bonchev–Trinajstić information content (AvgIpc) is 2.15. The summed E-state index contributed by atoms with van der Waals surface area (Å²) in [6, 6.07) is 7.25. The van der Waals surface area contributed by atoms with E-state index in [-0.39, 0.29) is 13.2 Å². The highest BCUT2D eigenvalue weighted by Gasteiger charge is 2.27. The van der Waals surface area contributed by atoms with Crippen LogP contribution in [0.1, 0.15) is 0 Å². The molecular formula is C10H10F3IO2. The Labute approximate surface area is 105 Å². The van der Waals surface area contributed by atoms with E-state index in [2.05, 4.69) is 27.3 Å². The van der Waals surface area contributed by atoms with E-state index in [1.165, 1.54) is 0 Å². The van der Waals surface area contributed by atoms with E-state index in [9.17, 15) is 13.2 Å². The van der Waals surface area contributed by atoms with Crippen molar-refractivity contribution in [2.24, 2.45) is 0 Å². The second-order valence-corrected chi connectivity index (χ2v) is 4.22. The molecule has 0 amide bonds. The van der Waals surface area contributed by atoms with Crippen molar-refractivity contribution < 1.29 is 22.6 Å². The van der Waals surface area contributed by atoms with Gasteiger partial charge in [0, 0.05) is 3.57 Å². The molecule has 16 heavy (non-hydrogen) atoms. The van der Waals surface area contributed by atoms with E-state index in [1.807, 2.05) is 12.1 Å². The van der Waals surface area contributed by atoms with Crippen molar-refractivity contribution in [3.63, 3.8) is 0 Å². The second kappa shape index (κ2) is 6.29. The third-order valence-corrected chi connectivity index (χ3v) is 2.23. The molecule has 6 heteroatoms. The zero-order valence-corrected chi connectivity index (χ0v) is 10.4. The summed E-state index contributed by atoms with van der Waals surface area (Å²) in [6.07, 6.45) is -4.28. The highest BCUT2D eigenvalue weighted by molar-refractivity contribution is 14.1. The Morgan fingerprint density at radius 1 is 1.19 bits per heavy atom. The topological polar surface area (TPSA) is 18.5 Å². The Bertz CT molecular complexity index is 328. The van der Waals surface area contributed by atoms with Gasteiger partial charge in [-0.3, -0.25) is 0 Å². The number of hydrogen-bond acceptors (Lipinski definition) is 2. The Hall–Kier alpha value is -0.500. The van der Waals surface area contributed by atoms with Crippen molar-refractivity contribution in [1.82, 2.24) is 0 Å². The SMILES string of the molecule is FC(F)(F)COCCOc1cccc(I)c1. The second-order valence-electron chi connectivity index (χ2n) is 2.97. The summed E-state index contributed by atoms with van der Waals surface area (Å²) in [4.78, 5) is 0. The molecule has 0 fully saturated rings. The summed E-state index contributed by atoms with van der Waals surface area (Å²) in [5.41, 5.74) is 0. The van der Waals surface area contributed by atoms with E-state index in [0.717, 1.165) is 3.57 Å². The smallest absolute Gasteiger partial charge is 0.411 e. The number of hydrogen-bond donors (Lipinski definition) is 0. The standard InChI is InChI=1S/C10H10F3IO2/c11-10(12,13)7-15-4-5-16-9-3-1-2-8(14)6-9/h1-3,6H,4-5,7H2. The maximum absolute atomic E-state index is 11.7. The summed E-state index contributed by atoms with van der Waals surface area (Å²) in [5, 5.41) is 0. The first-order chi connectivity index (χ1) is 7.47. The largest absolute Gasteiger partial charge is 0.491 e. The fraction of sp³-hybridized carbons (Fsp3) is 0.400. The van der Waals surface area contributed by atoms with Crippen LogP contribution in [0, 0.1) is 3.57 Å². The molecule has 2 nitrogen and oxygen atoms in total. The molecule has 1 aromatic rings. The lowest BCUT2D eigenvalue weighted by Crippen LogP contribution is -2.19. The molecule has 0 bridgehead atoms. The van der Waals surface area contributed by atoms with Crippen LogP contribution in [0.2, 0.25) is 0 Å². The molecular weight excluding hydrogens is 336 g/mol. The lowest BCUT2D eigenvalue weighted by atomic mass is 10.3. The Balaban J connectivity index is 2.17. The lowest BCUT2D eigenvalue weighted by molar-refractivity contribution is -0.175. The van der Waals surface area contributed by atoms with Gasteiger partial charge in [0.15, 0.2) is 0 Å². The molecule has 0 aliphatic carbocycles. The van der Waals surface area contributed by atoms with Crippen LogP contribution in [-0.4, -0.2) is 26.0 Å².